The molecule has 1 atom stereocenters. The quantitative estimate of drug-likeness (QED) is 0.718. The number of hydrogen-bond acceptors (Lipinski definition) is 4. The predicted molar refractivity (Wildman–Crippen MR) is 100 cm³/mol. The molecule has 2 aromatic heterocycles. The summed E-state index contributed by atoms with van der Waals surface area (Å²) in [4.78, 5) is 23.1. The van der Waals surface area contributed by atoms with Crippen molar-refractivity contribution in [2.45, 2.75) is 38.1 Å². The van der Waals surface area contributed by atoms with Gasteiger partial charge < -0.3 is 4.90 Å². The molecule has 5 rings (SSSR count). The molecule has 0 radical (unpaired) electrons. The summed E-state index contributed by atoms with van der Waals surface area (Å²) in [5.41, 5.74) is 4.95. The lowest BCUT2D eigenvalue weighted by atomic mass is 10.1. The van der Waals surface area contributed by atoms with Gasteiger partial charge >= 0.3 is 0 Å². The zero-order valence-corrected chi connectivity index (χ0v) is 15.1. The first-order valence-corrected chi connectivity index (χ1v) is 9.47. The molecule has 1 aliphatic carbocycles. The Hall–Kier alpha value is -3.02. The number of amides is 1. The number of rotatable bonds is 4. The molecule has 1 aliphatic heterocycles. The van der Waals surface area contributed by atoms with Gasteiger partial charge in [-0.25, -0.2) is 9.67 Å². The summed E-state index contributed by atoms with van der Waals surface area (Å²) in [5.74, 6) is 1.09. The van der Waals surface area contributed by atoms with E-state index in [1.54, 1.807) is 12.5 Å². The van der Waals surface area contributed by atoms with Crippen LogP contribution in [0.25, 0.3) is 5.69 Å². The first kappa shape index (κ1) is 16.2. The molecule has 3 aromatic rings. The summed E-state index contributed by atoms with van der Waals surface area (Å²) in [6.07, 6.45) is 9.16. The van der Waals surface area contributed by atoms with Crippen LogP contribution in [0.1, 0.15) is 41.3 Å². The lowest BCUT2D eigenvalue weighted by Crippen LogP contribution is -2.24. The summed E-state index contributed by atoms with van der Waals surface area (Å²) in [7, 11) is 0. The topological polar surface area (TPSA) is 63.9 Å². The van der Waals surface area contributed by atoms with Crippen LogP contribution < -0.4 is 0 Å². The third-order valence-corrected chi connectivity index (χ3v) is 5.58. The van der Waals surface area contributed by atoms with E-state index in [1.807, 2.05) is 27.9 Å². The van der Waals surface area contributed by atoms with Crippen molar-refractivity contribution in [3.8, 4) is 5.69 Å². The summed E-state index contributed by atoms with van der Waals surface area (Å²) in [6, 6.07) is 10.5. The largest absolute Gasteiger partial charge is 0.338 e. The number of aryl methyl sites for hydroxylation is 2. The van der Waals surface area contributed by atoms with Gasteiger partial charge in [-0.15, -0.1) is 0 Å². The lowest BCUT2D eigenvalue weighted by molar-refractivity contribution is -0.128. The summed E-state index contributed by atoms with van der Waals surface area (Å²) < 4.78 is 1.91. The van der Waals surface area contributed by atoms with E-state index < -0.39 is 0 Å². The van der Waals surface area contributed by atoms with Crippen LogP contribution >= 0.6 is 0 Å². The summed E-state index contributed by atoms with van der Waals surface area (Å²) >= 11 is 0. The van der Waals surface area contributed by atoms with E-state index in [9.17, 15) is 4.79 Å². The van der Waals surface area contributed by atoms with Crippen LogP contribution in [0.4, 0.5) is 0 Å². The SMILES string of the molecule is O=C1CC(c2ncnn2-c2ccc3c(c2)CCC3)CN1Cc1cccnc1. The van der Waals surface area contributed by atoms with E-state index in [4.69, 9.17) is 0 Å². The average Bonchev–Trinajstić information content (AvgIpc) is 3.42. The Balaban J connectivity index is 1.39. The monoisotopic (exact) mass is 359 g/mol. The molecule has 0 spiro atoms. The fourth-order valence-corrected chi connectivity index (χ4v) is 4.23. The van der Waals surface area contributed by atoms with E-state index >= 15 is 0 Å². The molecule has 3 heterocycles. The molecule has 27 heavy (non-hydrogen) atoms. The van der Waals surface area contributed by atoms with Gasteiger partial charge in [-0.05, 0) is 54.2 Å². The van der Waals surface area contributed by atoms with Gasteiger partial charge in [0, 0.05) is 37.8 Å². The molecule has 0 N–H and O–H groups in total. The van der Waals surface area contributed by atoms with Gasteiger partial charge in [0.05, 0.1) is 5.69 Å². The van der Waals surface area contributed by atoms with Crippen molar-refractivity contribution in [3.05, 3.63) is 71.6 Å². The zero-order valence-electron chi connectivity index (χ0n) is 15.1. The van der Waals surface area contributed by atoms with E-state index in [1.165, 1.54) is 24.0 Å². The van der Waals surface area contributed by atoms with Crippen LogP contribution in [0.15, 0.2) is 49.1 Å². The Labute approximate surface area is 157 Å². The highest BCUT2D eigenvalue weighted by atomic mass is 16.2. The Bertz CT molecular complexity index is 981. The minimum Gasteiger partial charge on any atom is -0.338 e. The van der Waals surface area contributed by atoms with E-state index in [2.05, 4.69) is 33.3 Å². The minimum atomic E-state index is 0.0601. The molecule has 1 fully saturated rings. The number of carbonyl (C=O) groups excluding carboxylic acids is 1. The molecule has 6 heteroatoms. The van der Waals surface area contributed by atoms with E-state index in [0.29, 0.717) is 19.5 Å². The van der Waals surface area contributed by atoms with Crippen molar-refractivity contribution in [2.24, 2.45) is 0 Å². The fourth-order valence-electron chi connectivity index (χ4n) is 4.23. The van der Waals surface area contributed by atoms with Crippen molar-refractivity contribution in [1.29, 1.82) is 0 Å². The first-order valence-electron chi connectivity index (χ1n) is 9.47. The fraction of sp³-hybridized carbons (Fsp3) is 0.333. The normalized spacial score (nSPS) is 18.9. The van der Waals surface area contributed by atoms with Crippen molar-refractivity contribution in [3.63, 3.8) is 0 Å². The molecule has 1 amide bonds. The predicted octanol–water partition coefficient (Wildman–Crippen LogP) is 2.67. The van der Waals surface area contributed by atoms with Crippen LogP contribution in [-0.2, 0) is 24.2 Å². The van der Waals surface area contributed by atoms with Gasteiger partial charge in [-0.3, -0.25) is 9.78 Å². The van der Waals surface area contributed by atoms with Crippen LogP contribution in [0.5, 0.6) is 0 Å². The highest BCUT2D eigenvalue weighted by molar-refractivity contribution is 5.79. The van der Waals surface area contributed by atoms with Gasteiger partial charge in [0.2, 0.25) is 5.91 Å². The number of aromatic nitrogens is 4. The summed E-state index contributed by atoms with van der Waals surface area (Å²) in [5, 5.41) is 4.46. The van der Waals surface area contributed by atoms with Crippen molar-refractivity contribution in [1.82, 2.24) is 24.6 Å². The smallest absolute Gasteiger partial charge is 0.223 e. The van der Waals surface area contributed by atoms with Gasteiger partial charge in [0.1, 0.15) is 12.2 Å². The van der Waals surface area contributed by atoms with E-state index in [-0.39, 0.29) is 11.8 Å². The number of fused-ring (bicyclic) bond motifs is 1. The van der Waals surface area contributed by atoms with E-state index in [0.717, 1.165) is 23.5 Å². The Morgan fingerprint density at radius 2 is 2.07 bits per heavy atom. The Morgan fingerprint density at radius 3 is 2.96 bits per heavy atom. The standard InChI is InChI=1S/C21H21N5O/c27-20-10-18(13-25(20)12-15-3-2-8-22-11-15)21-23-14-24-26(21)19-7-6-16-4-1-5-17(16)9-19/h2-3,6-9,11,14,18H,1,4-5,10,12-13H2. The molecule has 0 bridgehead atoms. The van der Waals surface area contributed by atoms with Crippen molar-refractivity contribution < 1.29 is 4.79 Å². The van der Waals surface area contributed by atoms with Gasteiger partial charge in [0.15, 0.2) is 0 Å². The van der Waals surface area contributed by atoms with Gasteiger partial charge in [-0.1, -0.05) is 12.1 Å². The molecule has 2 aliphatic rings. The number of benzene rings is 1. The third kappa shape index (κ3) is 3.01. The molecule has 136 valence electrons. The van der Waals surface area contributed by atoms with Gasteiger partial charge in [-0.2, -0.15) is 5.10 Å². The molecular formula is C21H21N5O. The number of nitrogens with zero attached hydrogens (tertiary/aromatic N) is 5. The number of hydrogen-bond donors (Lipinski definition) is 0. The van der Waals surface area contributed by atoms with Crippen molar-refractivity contribution in [2.75, 3.05) is 6.54 Å². The maximum Gasteiger partial charge on any atom is 0.223 e. The highest BCUT2D eigenvalue weighted by Crippen LogP contribution is 2.30. The molecule has 0 saturated carbocycles. The molecule has 1 unspecified atom stereocenters. The second kappa shape index (κ2) is 6.61. The number of pyridine rings is 1. The summed E-state index contributed by atoms with van der Waals surface area (Å²) in [6.45, 7) is 1.26. The first-order chi connectivity index (χ1) is 13.3. The lowest BCUT2D eigenvalue weighted by Gasteiger charge is -2.16. The zero-order chi connectivity index (χ0) is 18.2. The van der Waals surface area contributed by atoms with Crippen LogP contribution in [0.3, 0.4) is 0 Å². The third-order valence-electron chi connectivity index (χ3n) is 5.58. The maximum atomic E-state index is 12.5. The maximum absolute atomic E-state index is 12.5. The molecule has 1 saturated heterocycles. The minimum absolute atomic E-state index is 0.0601. The molecule has 1 aromatic carbocycles. The van der Waals surface area contributed by atoms with Crippen LogP contribution in [-0.4, -0.2) is 37.1 Å². The second-order valence-electron chi connectivity index (χ2n) is 7.37. The number of carbonyl (C=O) groups is 1. The molecular weight excluding hydrogens is 338 g/mol. The second-order valence-corrected chi connectivity index (χ2v) is 7.37. The Morgan fingerprint density at radius 1 is 1.15 bits per heavy atom. The van der Waals surface area contributed by atoms with Crippen LogP contribution in [0, 0.1) is 0 Å². The molecule has 6 nitrogen and oxygen atoms in total. The van der Waals surface area contributed by atoms with Gasteiger partial charge in [0.25, 0.3) is 0 Å². The van der Waals surface area contributed by atoms with Crippen molar-refractivity contribution >= 4 is 5.91 Å². The Kier molecular flexibility index (Phi) is 3.96. The average molecular weight is 359 g/mol. The van der Waals surface area contributed by atoms with Crippen LogP contribution in [0.2, 0.25) is 0 Å². The number of likely N-dealkylation sites (tertiary alicyclic amines) is 1. The highest BCUT2D eigenvalue weighted by Gasteiger charge is 2.33.